The summed E-state index contributed by atoms with van der Waals surface area (Å²) in [6.45, 7) is 5.75. The summed E-state index contributed by atoms with van der Waals surface area (Å²) in [5.41, 5.74) is 1.76. The number of halogens is 1. The summed E-state index contributed by atoms with van der Waals surface area (Å²) in [5, 5.41) is 4.55. The van der Waals surface area contributed by atoms with Crippen LogP contribution in [0.3, 0.4) is 0 Å². The number of likely N-dealkylation sites (tertiary alicyclic amines) is 1. The van der Waals surface area contributed by atoms with E-state index in [-0.39, 0.29) is 5.82 Å². The minimum atomic E-state index is -0.243. The zero-order valence-electron chi connectivity index (χ0n) is 12.9. The molecule has 1 fully saturated rings. The summed E-state index contributed by atoms with van der Waals surface area (Å²) in [5.74, 6) is -0.243. The molecule has 1 aromatic heterocycles. The first kappa shape index (κ1) is 15.2. The lowest BCUT2D eigenvalue weighted by molar-refractivity contribution is 0.0122. The van der Waals surface area contributed by atoms with Gasteiger partial charge in [-0.25, -0.2) is 9.07 Å². The standard InChI is InChI=1S/C17H22FN3O/c1-2-22-17-7-9-20(10-8-17)13-15-6-11-21(19-15)16-5-3-4-14(18)12-16/h3-6,11-12,17H,2,7-10,13H2,1H3. The Labute approximate surface area is 130 Å². The minimum Gasteiger partial charge on any atom is -0.378 e. The van der Waals surface area contributed by atoms with E-state index in [1.807, 2.05) is 25.3 Å². The van der Waals surface area contributed by atoms with Gasteiger partial charge in [-0.05, 0) is 44.0 Å². The first-order valence-electron chi connectivity index (χ1n) is 7.89. The average Bonchev–Trinajstić information content (AvgIpc) is 2.98. The van der Waals surface area contributed by atoms with Crippen LogP contribution in [0.4, 0.5) is 4.39 Å². The molecule has 0 bridgehead atoms. The van der Waals surface area contributed by atoms with Gasteiger partial charge in [-0.1, -0.05) is 6.07 Å². The highest BCUT2D eigenvalue weighted by Gasteiger charge is 2.19. The van der Waals surface area contributed by atoms with Crippen LogP contribution in [0.15, 0.2) is 36.5 Å². The van der Waals surface area contributed by atoms with E-state index in [1.165, 1.54) is 12.1 Å². The SMILES string of the molecule is CCOC1CCN(Cc2ccn(-c3cccc(F)c3)n2)CC1. The van der Waals surface area contributed by atoms with E-state index in [9.17, 15) is 4.39 Å². The van der Waals surface area contributed by atoms with Gasteiger partial charge in [0.25, 0.3) is 0 Å². The van der Waals surface area contributed by atoms with Crippen molar-refractivity contribution in [3.63, 3.8) is 0 Å². The van der Waals surface area contributed by atoms with Gasteiger partial charge in [0, 0.05) is 32.4 Å². The smallest absolute Gasteiger partial charge is 0.125 e. The molecule has 1 aromatic carbocycles. The van der Waals surface area contributed by atoms with Gasteiger partial charge < -0.3 is 4.74 Å². The highest BCUT2D eigenvalue weighted by atomic mass is 19.1. The van der Waals surface area contributed by atoms with Crippen LogP contribution in [-0.2, 0) is 11.3 Å². The molecular formula is C17H22FN3O. The second-order valence-corrected chi connectivity index (χ2v) is 5.66. The third kappa shape index (κ3) is 3.72. The molecule has 0 aliphatic carbocycles. The van der Waals surface area contributed by atoms with E-state index in [0.717, 1.165) is 50.5 Å². The van der Waals surface area contributed by atoms with Crippen molar-refractivity contribution < 1.29 is 9.13 Å². The predicted molar refractivity (Wildman–Crippen MR) is 83.4 cm³/mol. The number of rotatable bonds is 5. The number of piperidine rings is 1. The molecule has 0 unspecified atom stereocenters. The summed E-state index contributed by atoms with van der Waals surface area (Å²) in [6, 6.07) is 8.48. The van der Waals surface area contributed by atoms with E-state index in [1.54, 1.807) is 10.7 Å². The molecule has 0 saturated carbocycles. The van der Waals surface area contributed by atoms with E-state index in [2.05, 4.69) is 10.00 Å². The molecular weight excluding hydrogens is 281 g/mol. The summed E-state index contributed by atoms with van der Waals surface area (Å²) in [4.78, 5) is 2.40. The fourth-order valence-electron chi connectivity index (χ4n) is 2.91. The first-order valence-corrected chi connectivity index (χ1v) is 7.89. The zero-order chi connectivity index (χ0) is 15.4. The van der Waals surface area contributed by atoms with Crippen molar-refractivity contribution in [2.75, 3.05) is 19.7 Å². The van der Waals surface area contributed by atoms with Crippen molar-refractivity contribution in [2.45, 2.75) is 32.4 Å². The van der Waals surface area contributed by atoms with Gasteiger partial charge in [0.05, 0.1) is 17.5 Å². The molecule has 0 atom stereocenters. The van der Waals surface area contributed by atoms with Crippen LogP contribution in [0, 0.1) is 5.82 Å². The monoisotopic (exact) mass is 303 g/mol. The lowest BCUT2D eigenvalue weighted by atomic mass is 10.1. The van der Waals surface area contributed by atoms with E-state index >= 15 is 0 Å². The highest BCUT2D eigenvalue weighted by molar-refractivity contribution is 5.31. The molecule has 22 heavy (non-hydrogen) atoms. The molecule has 0 amide bonds. The second-order valence-electron chi connectivity index (χ2n) is 5.66. The summed E-state index contributed by atoms with van der Waals surface area (Å²) < 4.78 is 20.7. The molecule has 5 heteroatoms. The third-order valence-electron chi connectivity index (χ3n) is 4.04. The van der Waals surface area contributed by atoms with Gasteiger partial charge >= 0.3 is 0 Å². The minimum absolute atomic E-state index is 0.243. The zero-order valence-corrected chi connectivity index (χ0v) is 12.9. The Balaban J connectivity index is 1.58. The summed E-state index contributed by atoms with van der Waals surface area (Å²) in [6.07, 6.45) is 4.46. The molecule has 2 heterocycles. The van der Waals surface area contributed by atoms with Gasteiger partial charge in [0.1, 0.15) is 5.82 Å². The van der Waals surface area contributed by atoms with Gasteiger partial charge in [0.2, 0.25) is 0 Å². The normalized spacial score (nSPS) is 17.0. The van der Waals surface area contributed by atoms with Crippen LogP contribution in [0.5, 0.6) is 0 Å². The molecule has 4 nitrogen and oxygen atoms in total. The molecule has 3 rings (SSSR count). The summed E-state index contributed by atoms with van der Waals surface area (Å²) >= 11 is 0. The third-order valence-corrected chi connectivity index (χ3v) is 4.04. The maximum Gasteiger partial charge on any atom is 0.125 e. The Kier molecular flexibility index (Phi) is 4.85. The van der Waals surface area contributed by atoms with Crippen LogP contribution in [0.25, 0.3) is 5.69 Å². The van der Waals surface area contributed by atoms with Crippen molar-refractivity contribution in [1.29, 1.82) is 0 Å². The van der Waals surface area contributed by atoms with Crippen LogP contribution >= 0.6 is 0 Å². The highest BCUT2D eigenvalue weighted by Crippen LogP contribution is 2.16. The number of benzene rings is 1. The number of hydrogen-bond acceptors (Lipinski definition) is 3. The average molecular weight is 303 g/mol. The molecule has 1 aliphatic heterocycles. The predicted octanol–water partition coefficient (Wildman–Crippen LogP) is 3.01. The van der Waals surface area contributed by atoms with E-state index in [0.29, 0.717) is 6.10 Å². The number of ether oxygens (including phenoxy) is 1. The number of hydrogen-bond donors (Lipinski definition) is 0. The topological polar surface area (TPSA) is 30.3 Å². The van der Waals surface area contributed by atoms with Crippen LogP contribution in [0.1, 0.15) is 25.5 Å². The van der Waals surface area contributed by atoms with Crippen molar-refractivity contribution >= 4 is 0 Å². The maximum atomic E-state index is 13.3. The van der Waals surface area contributed by atoms with E-state index < -0.39 is 0 Å². The Morgan fingerprint density at radius 1 is 1.27 bits per heavy atom. The Morgan fingerprint density at radius 3 is 2.82 bits per heavy atom. The van der Waals surface area contributed by atoms with Gasteiger partial charge in [-0.3, -0.25) is 4.90 Å². The molecule has 1 saturated heterocycles. The molecule has 0 radical (unpaired) electrons. The van der Waals surface area contributed by atoms with Gasteiger partial charge in [-0.2, -0.15) is 5.10 Å². The fourth-order valence-corrected chi connectivity index (χ4v) is 2.91. The molecule has 118 valence electrons. The maximum absolute atomic E-state index is 13.3. The summed E-state index contributed by atoms with van der Waals surface area (Å²) in [7, 11) is 0. The second kappa shape index (κ2) is 7.03. The quantitative estimate of drug-likeness (QED) is 0.850. The van der Waals surface area contributed by atoms with Gasteiger partial charge in [-0.15, -0.1) is 0 Å². The van der Waals surface area contributed by atoms with Crippen molar-refractivity contribution in [3.05, 3.63) is 48.0 Å². The largest absolute Gasteiger partial charge is 0.378 e. The Hall–Kier alpha value is -1.72. The molecule has 0 N–H and O–H groups in total. The van der Waals surface area contributed by atoms with Crippen LogP contribution < -0.4 is 0 Å². The van der Waals surface area contributed by atoms with Crippen molar-refractivity contribution in [2.24, 2.45) is 0 Å². The fraction of sp³-hybridized carbons (Fsp3) is 0.471. The Morgan fingerprint density at radius 2 is 2.09 bits per heavy atom. The number of nitrogens with zero attached hydrogens (tertiary/aromatic N) is 3. The Bertz CT molecular complexity index is 605. The lowest BCUT2D eigenvalue weighted by Crippen LogP contribution is -2.36. The lowest BCUT2D eigenvalue weighted by Gasteiger charge is -2.31. The van der Waals surface area contributed by atoms with Crippen molar-refractivity contribution in [3.8, 4) is 5.69 Å². The van der Waals surface area contributed by atoms with E-state index in [4.69, 9.17) is 4.74 Å². The number of aromatic nitrogens is 2. The first-order chi connectivity index (χ1) is 10.7. The van der Waals surface area contributed by atoms with Crippen LogP contribution in [0.2, 0.25) is 0 Å². The van der Waals surface area contributed by atoms with Gasteiger partial charge in [0.15, 0.2) is 0 Å². The molecule has 1 aliphatic rings. The van der Waals surface area contributed by atoms with Crippen molar-refractivity contribution in [1.82, 2.24) is 14.7 Å². The molecule has 0 spiro atoms. The van der Waals surface area contributed by atoms with Crippen LogP contribution in [-0.4, -0.2) is 40.5 Å². The molecule has 2 aromatic rings.